The number of nitrogens with zero attached hydrogens (tertiary/aromatic N) is 3. The molecule has 0 spiro atoms. The molecule has 1 saturated heterocycles. The molecule has 1 heterocycles. The number of nitriles is 1. The monoisotopic (exact) mass is 349 g/mol. The molecule has 0 radical (unpaired) electrons. The third-order valence-electron chi connectivity index (χ3n) is 5.24. The van der Waals surface area contributed by atoms with E-state index in [9.17, 15) is 5.11 Å². The average molecular weight is 349 g/mol. The minimum Gasteiger partial charge on any atom is -0.387 e. The zero-order valence-corrected chi connectivity index (χ0v) is 15.4. The Morgan fingerprint density at radius 2 is 1.92 bits per heavy atom. The lowest BCUT2D eigenvalue weighted by molar-refractivity contribution is 0.0649. The summed E-state index contributed by atoms with van der Waals surface area (Å²) in [7, 11) is 2.10. The smallest absolute Gasteiger partial charge is 0.0991 e. The first kappa shape index (κ1) is 18.6. The van der Waals surface area contributed by atoms with E-state index in [1.165, 1.54) is 18.4 Å². The minimum atomic E-state index is -0.530. The Kier molecular flexibility index (Phi) is 6.40. The average Bonchev–Trinajstić information content (AvgIpc) is 2.69. The standard InChI is InChI=1S/C22H27N3O/c1-24(17-22(26)20-11-9-18(14-23)10-12-20)21-8-5-13-25(16-21)15-19-6-3-2-4-7-19/h2-4,6-7,9-12,21-22,26H,5,8,13,15-17H2,1H3. The minimum absolute atomic E-state index is 0.459. The van der Waals surface area contributed by atoms with Crippen LogP contribution in [0.2, 0.25) is 0 Å². The van der Waals surface area contributed by atoms with Crippen LogP contribution in [0.4, 0.5) is 0 Å². The summed E-state index contributed by atoms with van der Waals surface area (Å²) in [6.07, 6.45) is 1.83. The maximum atomic E-state index is 10.5. The summed E-state index contributed by atoms with van der Waals surface area (Å²) < 4.78 is 0. The summed E-state index contributed by atoms with van der Waals surface area (Å²) >= 11 is 0. The second-order valence-corrected chi connectivity index (χ2v) is 7.21. The number of aliphatic hydroxyl groups is 1. The fraction of sp³-hybridized carbons (Fsp3) is 0.409. The Balaban J connectivity index is 1.54. The predicted molar refractivity (Wildman–Crippen MR) is 103 cm³/mol. The van der Waals surface area contributed by atoms with E-state index < -0.39 is 6.10 Å². The zero-order chi connectivity index (χ0) is 18.4. The molecule has 3 rings (SSSR count). The summed E-state index contributed by atoms with van der Waals surface area (Å²) in [5, 5.41) is 19.4. The van der Waals surface area contributed by atoms with Crippen LogP contribution in [0.1, 0.15) is 35.6 Å². The van der Waals surface area contributed by atoms with Crippen molar-refractivity contribution in [3.8, 4) is 6.07 Å². The van der Waals surface area contributed by atoms with Gasteiger partial charge in [0, 0.05) is 25.7 Å². The summed E-state index contributed by atoms with van der Waals surface area (Å²) in [6, 6.07) is 20.4. The fourth-order valence-electron chi connectivity index (χ4n) is 3.68. The van der Waals surface area contributed by atoms with Gasteiger partial charge in [-0.05, 0) is 49.7 Å². The van der Waals surface area contributed by atoms with Gasteiger partial charge in [0.05, 0.1) is 17.7 Å². The lowest BCUT2D eigenvalue weighted by Gasteiger charge is -2.38. The van der Waals surface area contributed by atoms with Gasteiger partial charge in [-0.1, -0.05) is 42.5 Å². The normalized spacial score (nSPS) is 19.2. The van der Waals surface area contributed by atoms with Gasteiger partial charge >= 0.3 is 0 Å². The number of piperidine rings is 1. The number of hydrogen-bond acceptors (Lipinski definition) is 4. The first-order valence-corrected chi connectivity index (χ1v) is 9.30. The van der Waals surface area contributed by atoms with Crippen molar-refractivity contribution in [1.29, 1.82) is 5.26 Å². The SMILES string of the molecule is CN(CC(O)c1ccc(C#N)cc1)C1CCCN(Cc2ccccc2)C1. The van der Waals surface area contributed by atoms with Crippen molar-refractivity contribution < 1.29 is 5.11 Å². The Morgan fingerprint density at radius 3 is 2.62 bits per heavy atom. The molecule has 4 heteroatoms. The number of likely N-dealkylation sites (tertiary alicyclic amines) is 1. The first-order chi connectivity index (χ1) is 12.7. The molecule has 2 aromatic carbocycles. The van der Waals surface area contributed by atoms with Crippen LogP contribution in [0.3, 0.4) is 0 Å². The van der Waals surface area contributed by atoms with E-state index in [0.29, 0.717) is 18.2 Å². The third-order valence-corrected chi connectivity index (χ3v) is 5.24. The van der Waals surface area contributed by atoms with Gasteiger partial charge in [0.1, 0.15) is 0 Å². The molecule has 0 saturated carbocycles. The third kappa shape index (κ3) is 4.92. The fourth-order valence-corrected chi connectivity index (χ4v) is 3.68. The van der Waals surface area contributed by atoms with E-state index in [0.717, 1.165) is 25.2 Å². The highest BCUT2D eigenvalue weighted by atomic mass is 16.3. The highest BCUT2D eigenvalue weighted by molar-refractivity contribution is 5.32. The molecular weight excluding hydrogens is 322 g/mol. The van der Waals surface area contributed by atoms with Crippen molar-refractivity contribution in [2.24, 2.45) is 0 Å². The van der Waals surface area contributed by atoms with Gasteiger partial charge in [0.2, 0.25) is 0 Å². The van der Waals surface area contributed by atoms with E-state index in [4.69, 9.17) is 5.26 Å². The van der Waals surface area contributed by atoms with Crippen LogP contribution in [-0.2, 0) is 6.54 Å². The molecule has 0 aliphatic carbocycles. The molecule has 1 aliphatic heterocycles. The number of aliphatic hydroxyl groups excluding tert-OH is 1. The Hall–Kier alpha value is -2.19. The van der Waals surface area contributed by atoms with Gasteiger partial charge in [0.15, 0.2) is 0 Å². The van der Waals surface area contributed by atoms with Gasteiger partial charge < -0.3 is 5.11 Å². The summed E-state index contributed by atoms with van der Waals surface area (Å²) in [5.74, 6) is 0. The van der Waals surface area contributed by atoms with E-state index in [1.54, 1.807) is 12.1 Å². The van der Waals surface area contributed by atoms with Gasteiger partial charge in [0.25, 0.3) is 0 Å². The number of rotatable bonds is 6. The Morgan fingerprint density at radius 1 is 1.19 bits per heavy atom. The number of benzene rings is 2. The molecule has 2 unspecified atom stereocenters. The van der Waals surface area contributed by atoms with Crippen molar-refractivity contribution in [3.63, 3.8) is 0 Å². The molecule has 2 atom stereocenters. The van der Waals surface area contributed by atoms with E-state index in [2.05, 4.69) is 53.2 Å². The highest BCUT2D eigenvalue weighted by Crippen LogP contribution is 2.21. The summed E-state index contributed by atoms with van der Waals surface area (Å²) in [5.41, 5.74) is 2.85. The van der Waals surface area contributed by atoms with Crippen LogP contribution < -0.4 is 0 Å². The molecule has 26 heavy (non-hydrogen) atoms. The number of likely N-dealkylation sites (N-methyl/N-ethyl adjacent to an activating group) is 1. The molecule has 0 amide bonds. The molecule has 1 N–H and O–H groups in total. The molecule has 1 fully saturated rings. The Labute approximate surface area is 156 Å². The quantitative estimate of drug-likeness (QED) is 0.870. The van der Waals surface area contributed by atoms with Gasteiger partial charge in [-0.25, -0.2) is 0 Å². The first-order valence-electron chi connectivity index (χ1n) is 9.30. The largest absolute Gasteiger partial charge is 0.387 e. The van der Waals surface area contributed by atoms with Crippen LogP contribution in [0.25, 0.3) is 0 Å². The number of hydrogen-bond donors (Lipinski definition) is 1. The van der Waals surface area contributed by atoms with Gasteiger partial charge in [-0.3, -0.25) is 9.80 Å². The second-order valence-electron chi connectivity index (χ2n) is 7.21. The summed E-state index contributed by atoms with van der Waals surface area (Å²) in [6.45, 7) is 3.77. The van der Waals surface area contributed by atoms with Crippen molar-refractivity contribution in [2.75, 3.05) is 26.7 Å². The van der Waals surface area contributed by atoms with Crippen molar-refractivity contribution in [3.05, 3.63) is 71.3 Å². The molecule has 136 valence electrons. The lowest BCUT2D eigenvalue weighted by Crippen LogP contribution is -2.47. The van der Waals surface area contributed by atoms with E-state index in [-0.39, 0.29) is 0 Å². The zero-order valence-electron chi connectivity index (χ0n) is 15.4. The Bertz CT molecular complexity index is 723. The lowest BCUT2D eigenvalue weighted by atomic mass is 10.0. The molecule has 4 nitrogen and oxygen atoms in total. The van der Waals surface area contributed by atoms with Crippen LogP contribution in [0.15, 0.2) is 54.6 Å². The van der Waals surface area contributed by atoms with Crippen molar-refractivity contribution in [2.45, 2.75) is 31.5 Å². The molecule has 0 aromatic heterocycles. The molecule has 2 aromatic rings. The predicted octanol–water partition coefficient (Wildman–Crippen LogP) is 3.19. The van der Waals surface area contributed by atoms with E-state index in [1.807, 2.05) is 12.1 Å². The van der Waals surface area contributed by atoms with Crippen LogP contribution in [0.5, 0.6) is 0 Å². The second kappa shape index (κ2) is 8.95. The van der Waals surface area contributed by atoms with E-state index >= 15 is 0 Å². The molecular formula is C22H27N3O. The highest BCUT2D eigenvalue weighted by Gasteiger charge is 2.24. The molecule has 1 aliphatic rings. The van der Waals surface area contributed by atoms with Crippen LogP contribution >= 0.6 is 0 Å². The van der Waals surface area contributed by atoms with Crippen molar-refractivity contribution in [1.82, 2.24) is 9.80 Å². The maximum absolute atomic E-state index is 10.5. The van der Waals surface area contributed by atoms with Gasteiger partial charge in [-0.2, -0.15) is 5.26 Å². The van der Waals surface area contributed by atoms with Crippen LogP contribution in [0, 0.1) is 11.3 Å². The molecule has 0 bridgehead atoms. The maximum Gasteiger partial charge on any atom is 0.0991 e. The van der Waals surface area contributed by atoms with Crippen LogP contribution in [-0.4, -0.2) is 47.6 Å². The van der Waals surface area contributed by atoms with Gasteiger partial charge in [-0.15, -0.1) is 0 Å². The topological polar surface area (TPSA) is 50.5 Å². The van der Waals surface area contributed by atoms with Crippen molar-refractivity contribution >= 4 is 0 Å². The summed E-state index contributed by atoms with van der Waals surface area (Å²) in [4.78, 5) is 4.79.